The van der Waals surface area contributed by atoms with E-state index in [1.807, 2.05) is 11.6 Å². The molecule has 0 amide bonds. The number of rotatable bonds is 3. The highest BCUT2D eigenvalue weighted by Crippen LogP contribution is 2.20. The van der Waals surface area contributed by atoms with Crippen molar-refractivity contribution in [2.24, 2.45) is 11.8 Å². The maximum Gasteiger partial charge on any atom is 0.148 e. The molecule has 0 N–H and O–H groups in total. The number of likely N-dealkylation sites (tertiary alicyclic amines) is 1. The van der Waals surface area contributed by atoms with E-state index in [2.05, 4.69) is 34.3 Å². The summed E-state index contributed by atoms with van der Waals surface area (Å²) < 4.78 is 1.88. The highest BCUT2D eigenvalue weighted by atomic mass is 15.5. The Kier molecular flexibility index (Phi) is 3.53. The second kappa shape index (κ2) is 4.91. The van der Waals surface area contributed by atoms with Crippen molar-refractivity contribution in [1.82, 2.24) is 25.1 Å². The average Bonchev–Trinajstić information content (AvgIpc) is 2.59. The summed E-state index contributed by atoms with van der Waals surface area (Å²) in [4.78, 5) is 2.53. The van der Waals surface area contributed by atoms with E-state index in [1.165, 1.54) is 19.5 Å². The molecule has 0 bridgehead atoms. The first-order valence-electron chi connectivity index (χ1n) is 6.10. The molecule has 0 radical (unpaired) electrons. The highest BCUT2D eigenvalue weighted by Gasteiger charge is 2.21. The molecule has 2 atom stereocenters. The molecule has 2 heterocycles. The smallest absolute Gasteiger partial charge is 0.148 e. The van der Waals surface area contributed by atoms with Crippen LogP contribution in [-0.2, 0) is 6.54 Å². The van der Waals surface area contributed by atoms with Gasteiger partial charge in [-0.25, -0.2) is 4.68 Å². The maximum absolute atomic E-state index is 3.97. The highest BCUT2D eigenvalue weighted by molar-refractivity contribution is 4.77. The van der Waals surface area contributed by atoms with Crippen LogP contribution in [0.3, 0.4) is 0 Å². The Balaban J connectivity index is 1.84. The second-order valence-electron chi connectivity index (χ2n) is 5.15. The van der Waals surface area contributed by atoms with Crippen molar-refractivity contribution in [2.75, 3.05) is 19.6 Å². The fourth-order valence-corrected chi connectivity index (χ4v) is 2.67. The summed E-state index contributed by atoms with van der Waals surface area (Å²) >= 11 is 0. The predicted molar refractivity (Wildman–Crippen MR) is 61.9 cm³/mol. The van der Waals surface area contributed by atoms with E-state index in [0.717, 1.165) is 30.7 Å². The van der Waals surface area contributed by atoms with E-state index in [4.69, 9.17) is 0 Å². The van der Waals surface area contributed by atoms with Crippen molar-refractivity contribution in [2.45, 2.75) is 33.7 Å². The van der Waals surface area contributed by atoms with Crippen LogP contribution in [0.5, 0.6) is 0 Å². The molecule has 90 valence electrons. The molecular formula is C11H21N5. The third-order valence-corrected chi connectivity index (χ3v) is 3.28. The van der Waals surface area contributed by atoms with Gasteiger partial charge in [0.15, 0.2) is 0 Å². The molecule has 0 saturated carbocycles. The zero-order valence-corrected chi connectivity index (χ0v) is 10.4. The number of hydrogen-bond donors (Lipinski definition) is 0. The minimum Gasteiger partial charge on any atom is -0.301 e. The van der Waals surface area contributed by atoms with Gasteiger partial charge in [-0.1, -0.05) is 13.8 Å². The third-order valence-electron chi connectivity index (χ3n) is 3.28. The van der Waals surface area contributed by atoms with Gasteiger partial charge in [0.1, 0.15) is 5.82 Å². The molecule has 5 nitrogen and oxygen atoms in total. The Morgan fingerprint density at radius 3 is 2.44 bits per heavy atom. The molecule has 1 saturated heterocycles. The van der Waals surface area contributed by atoms with Gasteiger partial charge < -0.3 is 4.90 Å². The van der Waals surface area contributed by atoms with E-state index >= 15 is 0 Å². The Morgan fingerprint density at radius 2 is 1.88 bits per heavy atom. The maximum atomic E-state index is 3.97. The molecule has 0 spiro atoms. The van der Waals surface area contributed by atoms with Gasteiger partial charge in [0.05, 0.1) is 6.54 Å². The van der Waals surface area contributed by atoms with Crippen LogP contribution in [0.4, 0.5) is 0 Å². The number of hydrogen-bond acceptors (Lipinski definition) is 4. The molecular weight excluding hydrogens is 202 g/mol. The largest absolute Gasteiger partial charge is 0.301 e. The fraction of sp³-hybridized carbons (Fsp3) is 0.909. The molecule has 1 aromatic rings. The third kappa shape index (κ3) is 2.78. The molecule has 0 unspecified atom stereocenters. The van der Waals surface area contributed by atoms with Crippen LogP contribution in [-0.4, -0.2) is 44.7 Å². The van der Waals surface area contributed by atoms with E-state index in [1.54, 1.807) is 0 Å². The summed E-state index contributed by atoms with van der Waals surface area (Å²) in [7, 11) is 0. The second-order valence-corrected chi connectivity index (χ2v) is 5.15. The fourth-order valence-electron chi connectivity index (χ4n) is 2.67. The molecule has 0 aliphatic carbocycles. The molecule has 1 aliphatic rings. The molecule has 16 heavy (non-hydrogen) atoms. The minimum atomic E-state index is 0.818. The van der Waals surface area contributed by atoms with E-state index < -0.39 is 0 Å². The van der Waals surface area contributed by atoms with Crippen LogP contribution in [0.25, 0.3) is 0 Å². The van der Waals surface area contributed by atoms with Gasteiger partial charge in [0.25, 0.3) is 0 Å². The van der Waals surface area contributed by atoms with Crippen LogP contribution in [0.1, 0.15) is 26.1 Å². The lowest BCUT2D eigenvalue weighted by molar-refractivity contribution is 0.135. The topological polar surface area (TPSA) is 46.8 Å². The van der Waals surface area contributed by atoms with Crippen molar-refractivity contribution in [3.05, 3.63) is 5.82 Å². The lowest BCUT2D eigenvalue weighted by Crippen LogP contribution is -2.40. The summed E-state index contributed by atoms with van der Waals surface area (Å²) in [5.74, 6) is 2.54. The number of tetrazole rings is 1. The molecule has 1 fully saturated rings. The van der Waals surface area contributed by atoms with Crippen LogP contribution >= 0.6 is 0 Å². The Hall–Kier alpha value is -0.970. The summed E-state index contributed by atoms with van der Waals surface area (Å²) in [6, 6.07) is 0. The Bertz CT molecular complexity index is 325. The summed E-state index contributed by atoms with van der Waals surface area (Å²) in [6.07, 6.45) is 1.36. The van der Waals surface area contributed by atoms with Gasteiger partial charge in [0, 0.05) is 19.6 Å². The zero-order chi connectivity index (χ0) is 11.5. The monoisotopic (exact) mass is 223 g/mol. The quantitative estimate of drug-likeness (QED) is 0.765. The lowest BCUT2D eigenvalue weighted by atomic mass is 9.92. The van der Waals surface area contributed by atoms with Gasteiger partial charge in [-0.05, 0) is 35.6 Å². The standard InChI is InChI=1S/C11H21N5/c1-9-6-10(2)8-15(7-9)4-5-16-11(3)12-13-14-16/h9-10H,4-8H2,1-3H3/t9-,10-/m1/s1. The van der Waals surface area contributed by atoms with E-state index in [0.29, 0.717) is 0 Å². The summed E-state index contributed by atoms with van der Waals surface area (Å²) in [5.41, 5.74) is 0. The molecule has 2 rings (SSSR count). The Morgan fingerprint density at radius 1 is 1.19 bits per heavy atom. The number of aryl methyl sites for hydroxylation is 1. The Labute approximate surface area is 96.8 Å². The SMILES string of the molecule is Cc1nnnn1CCN1C[C@H](C)C[C@@H](C)C1. The average molecular weight is 223 g/mol. The molecule has 1 aliphatic heterocycles. The van der Waals surface area contributed by atoms with Gasteiger partial charge >= 0.3 is 0 Å². The molecule has 0 aromatic carbocycles. The first-order valence-corrected chi connectivity index (χ1v) is 6.10. The lowest BCUT2D eigenvalue weighted by Gasteiger charge is -2.34. The van der Waals surface area contributed by atoms with Crippen molar-refractivity contribution in [1.29, 1.82) is 0 Å². The first-order chi connectivity index (χ1) is 7.65. The zero-order valence-electron chi connectivity index (χ0n) is 10.4. The summed E-state index contributed by atoms with van der Waals surface area (Å²) in [6.45, 7) is 11.0. The van der Waals surface area contributed by atoms with Crippen LogP contribution in [0.2, 0.25) is 0 Å². The van der Waals surface area contributed by atoms with Crippen molar-refractivity contribution in [3.63, 3.8) is 0 Å². The number of nitrogens with zero attached hydrogens (tertiary/aromatic N) is 5. The minimum absolute atomic E-state index is 0.818. The van der Waals surface area contributed by atoms with Gasteiger partial charge in [-0.3, -0.25) is 0 Å². The van der Waals surface area contributed by atoms with Crippen molar-refractivity contribution >= 4 is 0 Å². The number of piperidine rings is 1. The van der Waals surface area contributed by atoms with Gasteiger partial charge in [0.2, 0.25) is 0 Å². The van der Waals surface area contributed by atoms with Crippen LogP contribution < -0.4 is 0 Å². The number of aromatic nitrogens is 4. The van der Waals surface area contributed by atoms with E-state index in [-0.39, 0.29) is 0 Å². The normalized spacial score (nSPS) is 27.2. The predicted octanol–water partition coefficient (Wildman–Crippen LogP) is 0.959. The van der Waals surface area contributed by atoms with Crippen LogP contribution in [0, 0.1) is 18.8 Å². The van der Waals surface area contributed by atoms with Crippen LogP contribution in [0.15, 0.2) is 0 Å². The summed E-state index contributed by atoms with van der Waals surface area (Å²) in [5, 5.41) is 11.5. The first kappa shape index (κ1) is 11.5. The van der Waals surface area contributed by atoms with Gasteiger partial charge in [-0.15, -0.1) is 5.10 Å². The van der Waals surface area contributed by atoms with Crippen molar-refractivity contribution in [3.8, 4) is 0 Å². The van der Waals surface area contributed by atoms with Gasteiger partial charge in [-0.2, -0.15) is 0 Å². The molecule has 5 heteroatoms. The molecule has 1 aromatic heterocycles. The van der Waals surface area contributed by atoms with Crippen molar-refractivity contribution < 1.29 is 0 Å². The van der Waals surface area contributed by atoms with E-state index in [9.17, 15) is 0 Å².